The second-order valence-corrected chi connectivity index (χ2v) is 7.96. The van der Waals surface area contributed by atoms with Crippen LogP contribution >= 0.6 is 0 Å². The first-order chi connectivity index (χ1) is 9.43. The SMILES string of the molecule is CCC(C)(CCCOC(C)(C)C)OC(C)CC(C)(C)OC. The maximum Gasteiger partial charge on any atom is 0.0656 e. The van der Waals surface area contributed by atoms with E-state index >= 15 is 0 Å². The van der Waals surface area contributed by atoms with Gasteiger partial charge in [-0.1, -0.05) is 6.92 Å². The van der Waals surface area contributed by atoms with E-state index in [2.05, 4.69) is 55.4 Å². The van der Waals surface area contributed by atoms with E-state index in [9.17, 15) is 0 Å². The van der Waals surface area contributed by atoms with E-state index < -0.39 is 0 Å². The van der Waals surface area contributed by atoms with Crippen LogP contribution < -0.4 is 0 Å². The molecule has 128 valence electrons. The predicted octanol–water partition coefficient (Wildman–Crippen LogP) is 4.97. The highest BCUT2D eigenvalue weighted by atomic mass is 16.5. The van der Waals surface area contributed by atoms with Crippen molar-refractivity contribution >= 4 is 0 Å². The van der Waals surface area contributed by atoms with Crippen LogP contribution in [0.5, 0.6) is 0 Å². The summed E-state index contributed by atoms with van der Waals surface area (Å²) in [5.74, 6) is 0. The van der Waals surface area contributed by atoms with Gasteiger partial charge in [-0.2, -0.15) is 0 Å². The molecule has 0 radical (unpaired) electrons. The average Bonchev–Trinajstić information content (AvgIpc) is 2.33. The molecule has 0 rings (SSSR count). The zero-order chi connectivity index (χ0) is 16.7. The zero-order valence-electron chi connectivity index (χ0n) is 15.8. The molecule has 2 unspecified atom stereocenters. The molecule has 0 N–H and O–H groups in total. The molecule has 0 saturated carbocycles. The lowest BCUT2D eigenvalue weighted by Crippen LogP contribution is -2.37. The normalized spacial score (nSPS) is 17.6. The molecule has 0 saturated heterocycles. The van der Waals surface area contributed by atoms with E-state index in [-0.39, 0.29) is 22.9 Å². The van der Waals surface area contributed by atoms with Gasteiger partial charge in [-0.05, 0) is 67.7 Å². The van der Waals surface area contributed by atoms with Crippen LogP contribution in [-0.2, 0) is 14.2 Å². The molecule has 0 fully saturated rings. The zero-order valence-corrected chi connectivity index (χ0v) is 15.8. The highest BCUT2D eigenvalue weighted by Gasteiger charge is 2.28. The van der Waals surface area contributed by atoms with Gasteiger partial charge in [-0.25, -0.2) is 0 Å². The largest absolute Gasteiger partial charge is 0.379 e. The fourth-order valence-corrected chi connectivity index (χ4v) is 2.45. The van der Waals surface area contributed by atoms with Gasteiger partial charge in [0.1, 0.15) is 0 Å². The van der Waals surface area contributed by atoms with Crippen LogP contribution in [0.15, 0.2) is 0 Å². The summed E-state index contributed by atoms with van der Waals surface area (Å²) in [6, 6.07) is 0. The Labute approximate surface area is 132 Å². The molecule has 0 aromatic heterocycles. The Kier molecular flexibility index (Phi) is 8.45. The fraction of sp³-hybridized carbons (Fsp3) is 1.00. The summed E-state index contributed by atoms with van der Waals surface area (Å²) in [6.07, 6.45) is 4.16. The van der Waals surface area contributed by atoms with Gasteiger partial charge in [0.25, 0.3) is 0 Å². The molecular weight excluding hydrogens is 264 g/mol. The molecular formula is C18H38O3. The molecule has 3 heteroatoms. The highest BCUT2D eigenvalue weighted by Crippen LogP contribution is 2.27. The smallest absolute Gasteiger partial charge is 0.0656 e. The quantitative estimate of drug-likeness (QED) is 0.533. The lowest BCUT2D eigenvalue weighted by molar-refractivity contribution is -0.116. The monoisotopic (exact) mass is 302 g/mol. The van der Waals surface area contributed by atoms with Crippen LogP contribution in [-0.4, -0.2) is 36.6 Å². The predicted molar refractivity (Wildman–Crippen MR) is 89.9 cm³/mol. The average molecular weight is 302 g/mol. The van der Waals surface area contributed by atoms with Gasteiger partial charge in [0.15, 0.2) is 0 Å². The summed E-state index contributed by atoms with van der Waals surface area (Å²) >= 11 is 0. The summed E-state index contributed by atoms with van der Waals surface area (Å²) < 4.78 is 17.6. The lowest BCUT2D eigenvalue weighted by Gasteiger charge is -2.35. The summed E-state index contributed by atoms with van der Waals surface area (Å²) in [6.45, 7) is 17.8. The third-order valence-corrected chi connectivity index (χ3v) is 3.95. The number of ether oxygens (including phenoxy) is 3. The molecule has 0 aromatic rings. The Morgan fingerprint density at radius 1 is 1.00 bits per heavy atom. The topological polar surface area (TPSA) is 27.7 Å². The Morgan fingerprint density at radius 3 is 2.00 bits per heavy atom. The van der Waals surface area contributed by atoms with Crippen molar-refractivity contribution in [1.82, 2.24) is 0 Å². The highest BCUT2D eigenvalue weighted by molar-refractivity contribution is 4.78. The van der Waals surface area contributed by atoms with Crippen LogP contribution in [0.3, 0.4) is 0 Å². The number of hydrogen-bond acceptors (Lipinski definition) is 3. The summed E-state index contributed by atoms with van der Waals surface area (Å²) in [5, 5.41) is 0. The van der Waals surface area contributed by atoms with Crippen LogP contribution in [0, 0.1) is 0 Å². The molecule has 0 heterocycles. The van der Waals surface area contributed by atoms with Gasteiger partial charge < -0.3 is 14.2 Å². The van der Waals surface area contributed by atoms with Crippen molar-refractivity contribution < 1.29 is 14.2 Å². The number of methoxy groups -OCH3 is 1. The van der Waals surface area contributed by atoms with Crippen molar-refractivity contribution in [3.63, 3.8) is 0 Å². The molecule has 0 amide bonds. The Morgan fingerprint density at radius 2 is 1.57 bits per heavy atom. The van der Waals surface area contributed by atoms with Crippen molar-refractivity contribution in [2.24, 2.45) is 0 Å². The van der Waals surface area contributed by atoms with E-state index in [1.807, 2.05) is 0 Å². The molecule has 0 aromatic carbocycles. The molecule has 0 aliphatic carbocycles. The first-order valence-corrected chi connectivity index (χ1v) is 8.30. The first-order valence-electron chi connectivity index (χ1n) is 8.30. The molecule has 3 nitrogen and oxygen atoms in total. The summed E-state index contributed by atoms with van der Waals surface area (Å²) in [5.41, 5.74) is -0.271. The molecule has 0 aliphatic rings. The van der Waals surface area contributed by atoms with Crippen LogP contribution in [0.1, 0.15) is 81.1 Å². The summed E-state index contributed by atoms with van der Waals surface area (Å²) in [4.78, 5) is 0. The van der Waals surface area contributed by atoms with E-state index in [0.29, 0.717) is 0 Å². The Balaban J connectivity index is 4.27. The third kappa shape index (κ3) is 10.3. The van der Waals surface area contributed by atoms with E-state index in [1.165, 1.54) is 0 Å². The van der Waals surface area contributed by atoms with E-state index in [0.717, 1.165) is 32.3 Å². The Bertz CT molecular complexity index is 281. The maximum absolute atomic E-state index is 6.32. The molecule has 0 spiro atoms. The van der Waals surface area contributed by atoms with Crippen molar-refractivity contribution in [2.45, 2.75) is 104 Å². The molecule has 21 heavy (non-hydrogen) atoms. The summed E-state index contributed by atoms with van der Waals surface area (Å²) in [7, 11) is 1.76. The van der Waals surface area contributed by atoms with E-state index in [1.54, 1.807) is 7.11 Å². The second kappa shape index (κ2) is 8.50. The first kappa shape index (κ1) is 20.9. The number of hydrogen-bond donors (Lipinski definition) is 0. The van der Waals surface area contributed by atoms with Gasteiger partial charge in [0.2, 0.25) is 0 Å². The van der Waals surface area contributed by atoms with Gasteiger partial charge in [0, 0.05) is 20.1 Å². The van der Waals surface area contributed by atoms with Crippen LogP contribution in [0.4, 0.5) is 0 Å². The third-order valence-electron chi connectivity index (χ3n) is 3.95. The minimum Gasteiger partial charge on any atom is -0.379 e. The van der Waals surface area contributed by atoms with Crippen molar-refractivity contribution in [3.05, 3.63) is 0 Å². The molecule has 0 bridgehead atoms. The minimum absolute atomic E-state index is 0.0563. The standard InChI is InChI=1S/C18H38O3/c1-10-18(8,12-11-13-20-16(3,4)5)21-15(2)14-17(6,7)19-9/h15H,10-14H2,1-9H3. The van der Waals surface area contributed by atoms with Gasteiger partial charge in [0.05, 0.1) is 22.9 Å². The maximum atomic E-state index is 6.32. The van der Waals surface area contributed by atoms with Gasteiger partial charge >= 0.3 is 0 Å². The lowest BCUT2D eigenvalue weighted by atomic mass is 9.95. The Hall–Kier alpha value is -0.120. The molecule has 2 atom stereocenters. The van der Waals surface area contributed by atoms with Crippen LogP contribution in [0.25, 0.3) is 0 Å². The van der Waals surface area contributed by atoms with Gasteiger partial charge in [-0.3, -0.25) is 0 Å². The number of rotatable bonds is 10. The fourth-order valence-electron chi connectivity index (χ4n) is 2.45. The van der Waals surface area contributed by atoms with E-state index in [4.69, 9.17) is 14.2 Å². The van der Waals surface area contributed by atoms with Gasteiger partial charge in [-0.15, -0.1) is 0 Å². The van der Waals surface area contributed by atoms with Crippen LogP contribution in [0.2, 0.25) is 0 Å². The second-order valence-electron chi connectivity index (χ2n) is 7.96. The minimum atomic E-state index is -0.136. The molecule has 0 aliphatic heterocycles. The van der Waals surface area contributed by atoms with Crippen molar-refractivity contribution in [1.29, 1.82) is 0 Å². The van der Waals surface area contributed by atoms with Crippen molar-refractivity contribution in [3.8, 4) is 0 Å². The van der Waals surface area contributed by atoms with Crippen molar-refractivity contribution in [2.75, 3.05) is 13.7 Å².